The minimum Gasteiger partial charge on any atom is -0.307 e. The summed E-state index contributed by atoms with van der Waals surface area (Å²) < 4.78 is 4.05. The van der Waals surface area contributed by atoms with Crippen LogP contribution in [0.25, 0.3) is 4.96 Å². The van der Waals surface area contributed by atoms with E-state index in [-0.39, 0.29) is 0 Å². The topological polar surface area (TPSA) is 47.1 Å². The van der Waals surface area contributed by atoms with Gasteiger partial charge in [-0.05, 0) is 20.8 Å². The Balaban J connectivity index is 1.73. The van der Waals surface area contributed by atoms with E-state index in [9.17, 15) is 0 Å². The van der Waals surface area contributed by atoms with Crippen LogP contribution in [0.3, 0.4) is 0 Å². The van der Waals surface area contributed by atoms with Gasteiger partial charge in [0.2, 0.25) is 0 Å². The molecule has 3 aromatic rings. The third-order valence-electron chi connectivity index (χ3n) is 3.46. The van der Waals surface area contributed by atoms with Crippen LogP contribution in [0.1, 0.15) is 27.5 Å². The predicted octanol–water partition coefficient (Wildman–Crippen LogP) is 2.34. The van der Waals surface area contributed by atoms with E-state index in [0.717, 1.165) is 29.4 Å². The van der Waals surface area contributed by atoms with Gasteiger partial charge < -0.3 is 5.32 Å². The van der Waals surface area contributed by atoms with Crippen LogP contribution in [0, 0.1) is 20.8 Å². The van der Waals surface area contributed by atoms with Crippen molar-refractivity contribution >= 4 is 16.3 Å². The molecule has 0 radical (unpaired) electrons. The number of nitrogens with one attached hydrogen (secondary N) is 1. The monoisotopic (exact) mass is 289 g/mol. The molecule has 0 aromatic carbocycles. The van der Waals surface area contributed by atoms with E-state index >= 15 is 0 Å². The molecule has 0 fully saturated rings. The molecule has 0 saturated carbocycles. The van der Waals surface area contributed by atoms with Gasteiger partial charge in [-0.2, -0.15) is 5.10 Å². The van der Waals surface area contributed by atoms with Gasteiger partial charge in [0.05, 0.1) is 17.1 Å². The second-order valence-corrected chi connectivity index (χ2v) is 6.37. The van der Waals surface area contributed by atoms with Gasteiger partial charge in [-0.1, -0.05) is 0 Å². The Morgan fingerprint density at radius 2 is 1.95 bits per heavy atom. The molecule has 0 unspecified atom stereocenters. The Hall–Kier alpha value is -1.66. The van der Waals surface area contributed by atoms with Crippen LogP contribution in [0.2, 0.25) is 0 Å². The first-order chi connectivity index (χ1) is 9.54. The standard InChI is InChI=1S/C14H19N5S/c1-9-7-19-13(11(3)16-14(19)20-9)6-15-5-12-8-18(4)17-10(12)2/h7-8,15H,5-6H2,1-4H3. The normalized spacial score (nSPS) is 11.6. The highest BCUT2D eigenvalue weighted by Crippen LogP contribution is 2.20. The lowest BCUT2D eigenvalue weighted by Gasteiger charge is -2.04. The molecule has 0 aliphatic carbocycles. The molecule has 20 heavy (non-hydrogen) atoms. The molecular formula is C14H19N5S. The number of rotatable bonds is 4. The molecule has 0 bridgehead atoms. The second-order valence-electron chi connectivity index (χ2n) is 5.16. The summed E-state index contributed by atoms with van der Waals surface area (Å²) >= 11 is 1.73. The minimum atomic E-state index is 0.817. The van der Waals surface area contributed by atoms with E-state index in [1.54, 1.807) is 11.3 Å². The number of imidazole rings is 1. The van der Waals surface area contributed by atoms with Crippen molar-refractivity contribution in [2.24, 2.45) is 7.05 Å². The third-order valence-corrected chi connectivity index (χ3v) is 4.36. The van der Waals surface area contributed by atoms with Gasteiger partial charge >= 0.3 is 0 Å². The first-order valence-electron chi connectivity index (χ1n) is 6.68. The summed E-state index contributed by atoms with van der Waals surface area (Å²) in [5, 5.41) is 7.85. The van der Waals surface area contributed by atoms with Crippen molar-refractivity contribution in [3.8, 4) is 0 Å². The number of aromatic nitrogens is 4. The van der Waals surface area contributed by atoms with Crippen LogP contribution in [0.4, 0.5) is 0 Å². The number of aryl methyl sites for hydroxylation is 4. The first-order valence-corrected chi connectivity index (χ1v) is 7.50. The Bertz CT molecular complexity index is 749. The Morgan fingerprint density at radius 3 is 2.65 bits per heavy atom. The molecule has 0 saturated heterocycles. The summed E-state index contributed by atoms with van der Waals surface area (Å²) in [5.74, 6) is 0. The van der Waals surface area contributed by atoms with E-state index in [4.69, 9.17) is 0 Å². The van der Waals surface area contributed by atoms with Gasteiger partial charge in [0.25, 0.3) is 0 Å². The van der Waals surface area contributed by atoms with Crippen molar-refractivity contribution in [3.05, 3.63) is 39.9 Å². The molecule has 6 heteroatoms. The maximum absolute atomic E-state index is 4.61. The largest absolute Gasteiger partial charge is 0.307 e. The Labute approximate surface area is 122 Å². The van der Waals surface area contributed by atoms with Crippen LogP contribution >= 0.6 is 11.3 Å². The summed E-state index contributed by atoms with van der Waals surface area (Å²) in [7, 11) is 1.95. The van der Waals surface area contributed by atoms with E-state index in [0.29, 0.717) is 0 Å². The average Bonchev–Trinajstić information content (AvgIpc) is 2.95. The van der Waals surface area contributed by atoms with Gasteiger partial charge in [0.1, 0.15) is 0 Å². The molecule has 0 spiro atoms. The molecule has 0 amide bonds. The SMILES string of the molecule is Cc1cn2c(CNCc3cn(C)nc3C)c(C)nc2s1. The first kappa shape index (κ1) is 13.3. The van der Waals surface area contributed by atoms with Crippen molar-refractivity contribution in [1.82, 2.24) is 24.5 Å². The van der Waals surface area contributed by atoms with Crippen LogP contribution in [-0.2, 0) is 20.1 Å². The Kier molecular flexibility index (Phi) is 3.35. The summed E-state index contributed by atoms with van der Waals surface area (Å²) in [4.78, 5) is 6.97. The number of fused-ring (bicyclic) bond motifs is 1. The average molecular weight is 289 g/mol. The van der Waals surface area contributed by atoms with Crippen LogP contribution in [-0.4, -0.2) is 19.2 Å². The zero-order chi connectivity index (χ0) is 14.3. The molecule has 0 aliphatic heterocycles. The molecular weight excluding hydrogens is 270 g/mol. The van der Waals surface area contributed by atoms with Crippen molar-refractivity contribution in [2.45, 2.75) is 33.9 Å². The lowest BCUT2D eigenvalue weighted by atomic mass is 10.2. The molecule has 0 atom stereocenters. The summed E-state index contributed by atoms with van der Waals surface area (Å²) in [6, 6.07) is 0. The van der Waals surface area contributed by atoms with Crippen molar-refractivity contribution in [1.29, 1.82) is 0 Å². The van der Waals surface area contributed by atoms with Gasteiger partial charge in [0, 0.05) is 43.0 Å². The lowest BCUT2D eigenvalue weighted by molar-refractivity contribution is 0.670. The maximum atomic E-state index is 4.61. The highest BCUT2D eigenvalue weighted by molar-refractivity contribution is 7.17. The summed E-state index contributed by atoms with van der Waals surface area (Å²) in [6.07, 6.45) is 4.22. The fourth-order valence-electron chi connectivity index (χ4n) is 2.46. The van der Waals surface area contributed by atoms with E-state index in [1.807, 2.05) is 18.7 Å². The van der Waals surface area contributed by atoms with Crippen molar-refractivity contribution in [2.75, 3.05) is 0 Å². The van der Waals surface area contributed by atoms with E-state index in [1.165, 1.54) is 16.1 Å². The van der Waals surface area contributed by atoms with Gasteiger partial charge in [-0.3, -0.25) is 9.08 Å². The fraction of sp³-hybridized carbons (Fsp3) is 0.429. The second kappa shape index (κ2) is 5.03. The molecule has 3 aromatic heterocycles. The molecule has 5 nitrogen and oxygen atoms in total. The lowest BCUT2D eigenvalue weighted by Crippen LogP contribution is -2.15. The van der Waals surface area contributed by atoms with Gasteiger partial charge in [-0.15, -0.1) is 11.3 Å². The molecule has 106 valence electrons. The maximum Gasteiger partial charge on any atom is 0.194 e. The smallest absolute Gasteiger partial charge is 0.194 e. The van der Waals surface area contributed by atoms with Crippen LogP contribution < -0.4 is 5.32 Å². The third kappa shape index (κ3) is 2.36. The zero-order valence-corrected chi connectivity index (χ0v) is 13.1. The van der Waals surface area contributed by atoms with Crippen molar-refractivity contribution in [3.63, 3.8) is 0 Å². The van der Waals surface area contributed by atoms with Gasteiger partial charge in [0.15, 0.2) is 4.96 Å². The van der Waals surface area contributed by atoms with Gasteiger partial charge in [-0.25, -0.2) is 4.98 Å². The number of nitrogens with zero attached hydrogens (tertiary/aromatic N) is 4. The molecule has 0 aliphatic rings. The molecule has 3 rings (SSSR count). The predicted molar refractivity (Wildman–Crippen MR) is 81.0 cm³/mol. The highest BCUT2D eigenvalue weighted by atomic mass is 32.1. The Morgan fingerprint density at radius 1 is 1.15 bits per heavy atom. The minimum absolute atomic E-state index is 0.817. The number of hydrogen-bond donors (Lipinski definition) is 1. The van der Waals surface area contributed by atoms with Crippen LogP contribution in [0.5, 0.6) is 0 Å². The van der Waals surface area contributed by atoms with Crippen molar-refractivity contribution < 1.29 is 0 Å². The van der Waals surface area contributed by atoms with E-state index in [2.05, 4.69) is 46.0 Å². The molecule has 3 heterocycles. The number of hydrogen-bond acceptors (Lipinski definition) is 4. The summed E-state index contributed by atoms with van der Waals surface area (Å²) in [5.41, 5.74) is 4.67. The van der Waals surface area contributed by atoms with Crippen LogP contribution in [0.15, 0.2) is 12.4 Å². The fourth-order valence-corrected chi connectivity index (χ4v) is 3.35. The highest BCUT2D eigenvalue weighted by Gasteiger charge is 2.11. The quantitative estimate of drug-likeness (QED) is 0.802. The van der Waals surface area contributed by atoms with E-state index < -0.39 is 0 Å². The molecule has 1 N–H and O–H groups in total. The summed E-state index contributed by atoms with van der Waals surface area (Å²) in [6.45, 7) is 7.88. The number of thiazole rings is 1. The zero-order valence-electron chi connectivity index (χ0n) is 12.3.